The predicted molar refractivity (Wildman–Crippen MR) is 147 cm³/mol. The second-order valence-corrected chi connectivity index (χ2v) is 10.4. The first-order valence-corrected chi connectivity index (χ1v) is 13.2. The number of benzene rings is 3. The lowest BCUT2D eigenvalue weighted by molar-refractivity contribution is -0.132. The minimum absolute atomic E-state index is 0.00477. The van der Waals surface area contributed by atoms with Crippen LogP contribution in [0.1, 0.15) is 29.7 Å². The van der Waals surface area contributed by atoms with Gasteiger partial charge in [-0.2, -0.15) is 0 Å². The molecule has 0 spiro atoms. The van der Waals surface area contributed by atoms with E-state index in [2.05, 4.69) is 11.6 Å². The number of hydrogen-bond acceptors (Lipinski definition) is 7. The third-order valence-electron chi connectivity index (χ3n) is 6.70. The smallest absolute Gasteiger partial charge is 0.301 e. The summed E-state index contributed by atoms with van der Waals surface area (Å²) in [7, 11) is 0. The average Bonchev–Trinajstić information content (AvgIpc) is 3.59. The number of aromatic nitrogens is 1. The van der Waals surface area contributed by atoms with Crippen LogP contribution in [0.5, 0.6) is 11.5 Å². The Hall–Kier alpha value is -4.50. The van der Waals surface area contributed by atoms with E-state index in [-0.39, 0.29) is 29.2 Å². The van der Waals surface area contributed by atoms with Crippen molar-refractivity contribution in [2.24, 2.45) is 0 Å². The zero-order valence-electron chi connectivity index (χ0n) is 20.9. The number of nitrogens with zero attached hydrogens (tertiary/aromatic N) is 2. The molecule has 39 heavy (non-hydrogen) atoms. The summed E-state index contributed by atoms with van der Waals surface area (Å²) >= 11 is 1.09. The number of aliphatic hydroxyl groups is 1. The second kappa shape index (κ2) is 9.67. The number of rotatable bonds is 6. The lowest BCUT2D eigenvalue weighted by Crippen LogP contribution is -2.29. The molecule has 1 N–H and O–H groups in total. The molecule has 0 bridgehead atoms. The van der Waals surface area contributed by atoms with Crippen LogP contribution in [-0.4, -0.2) is 34.5 Å². The summed E-state index contributed by atoms with van der Waals surface area (Å²) in [4.78, 5) is 32.9. The van der Waals surface area contributed by atoms with Crippen molar-refractivity contribution in [3.8, 4) is 11.5 Å². The molecular formula is C30H23FN2O5S. The second-order valence-electron chi connectivity index (χ2n) is 9.40. The molecule has 196 valence electrons. The van der Waals surface area contributed by atoms with Gasteiger partial charge >= 0.3 is 5.91 Å². The van der Waals surface area contributed by atoms with Crippen molar-refractivity contribution in [1.82, 2.24) is 4.98 Å². The Labute approximate surface area is 227 Å². The van der Waals surface area contributed by atoms with E-state index in [0.29, 0.717) is 33.5 Å². The van der Waals surface area contributed by atoms with Gasteiger partial charge in [0.15, 0.2) is 5.13 Å². The van der Waals surface area contributed by atoms with Crippen molar-refractivity contribution in [3.63, 3.8) is 0 Å². The highest BCUT2D eigenvalue weighted by Gasteiger charge is 2.48. The zero-order valence-corrected chi connectivity index (χ0v) is 21.7. The topological polar surface area (TPSA) is 89.0 Å². The fourth-order valence-electron chi connectivity index (χ4n) is 4.99. The number of thiazole rings is 1. The first-order valence-electron chi connectivity index (χ1n) is 12.3. The lowest BCUT2D eigenvalue weighted by atomic mass is 9.94. The van der Waals surface area contributed by atoms with E-state index in [1.54, 1.807) is 48.5 Å². The van der Waals surface area contributed by atoms with Crippen molar-refractivity contribution < 1.29 is 28.6 Å². The summed E-state index contributed by atoms with van der Waals surface area (Å²) in [5.74, 6) is -1.18. The normalized spacial score (nSPS) is 19.8. The molecule has 1 amide bonds. The highest BCUT2D eigenvalue weighted by molar-refractivity contribution is 7.22. The Morgan fingerprint density at radius 1 is 1.23 bits per heavy atom. The van der Waals surface area contributed by atoms with E-state index in [1.807, 2.05) is 6.92 Å². The summed E-state index contributed by atoms with van der Waals surface area (Å²) in [6, 6.07) is 15.3. The van der Waals surface area contributed by atoms with E-state index < -0.39 is 23.5 Å². The third kappa shape index (κ3) is 4.34. The maximum atomic E-state index is 13.9. The fraction of sp³-hybridized carbons (Fsp3) is 0.167. The van der Waals surface area contributed by atoms with E-state index in [1.165, 1.54) is 23.1 Å². The Balaban J connectivity index is 1.53. The number of aliphatic hydroxyl groups excluding tert-OH is 1. The van der Waals surface area contributed by atoms with Crippen LogP contribution in [0.4, 0.5) is 9.52 Å². The van der Waals surface area contributed by atoms with E-state index in [0.717, 1.165) is 22.6 Å². The molecule has 2 aliphatic heterocycles. The number of amides is 1. The Kier molecular flexibility index (Phi) is 6.15. The van der Waals surface area contributed by atoms with Crippen LogP contribution < -0.4 is 14.4 Å². The maximum Gasteiger partial charge on any atom is 0.301 e. The fourth-order valence-corrected chi connectivity index (χ4v) is 6.01. The molecule has 7 nitrogen and oxygen atoms in total. The molecule has 2 unspecified atom stereocenters. The molecular weight excluding hydrogens is 519 g/mol. The van der Waals surface area contributed by atoms with Gasteiger partial charge in [0.2, 0.25) is 0 Å². The molecule has 2 atom stereocenters. The number of carbonyl (C=O) groups is 2. The first kappa shape index (κ1) is 24.8. The Morgan fingerprint density at radius 3 is 2.90 bits per heavy atom. The SMILES string of the molecule is C=CCOc1cccc(C2C(=C(O)c3ccc4c(c3)CC(C)O4)C(=O)C(=O)N2c2nc3ccc(F)cc3s2)c1. The zero-order chi connectivity index (χ0) is 27.3. The first-order chi connectivity index (χ1) is 18.8. The molecule has 0 saturated carbocycles. The van der Waals surface area contributed by atoms with Crippen LogP contribution in [0.15, 0.2) is 78.9 Å². The van der Waals surface area contributed by atoms with Crippen LogP contribution in [0, 0.1) is 5.82 Å². The van der Waals surface area contributed by atoms with Crippen LogP contribution >= 0.6 is 11.3 Å². The predicted octanol–water partition coefficient (Wildman–Crippen LogP) is 5.95. The van der Waals surface area contributed by atoms with Crippen molar-refractivity contribution in [3.05, 3.63) is 101 Å². The molecule has 0 radical (unpaired) electrons. The van der Waals surface area contributed by atoms with E-state index in [9.17, 15) is 19.1 Å². The summed E-state index contributed by atoms with van der Waals surface area (Å²) in [6.07, 6.45) is 2.28. The number of ketones is 1. The molecule has 1 fully saturated rings. The monoisotopic (exact) mass is 542 g/mol. The molecule has 0 aliphatic carbocycles. The highest BCUT2D eigenvalue weighted by atomic mass is 32.1. The summed E-state index contributed by atoms with van der Waals surface area (Å²) < 4.78 is 25.9. The van der Waals surface area contributed by atoms with Gasteiger partial charge in [-0.3, -0.25) is 14.5 Å². The molecule has 6 rings (SSSR count). The molecule has 4 aromatic rings. The minimum atomic E-state index is -0.994. The Bertz CT molecular complexity index is 1690. The number of anilines is 1. The molecule has 1 saturated heterocycles. The summed E-state index contributed by atoms with van der Waals surface area (Å²) in [5, 5.41) is 11.7. The van der Waals surface area contributed by atoms with Gasteiger partial charge < -0.3 is 14.6 Å². The van der Waals surface area contributed by atoms with Crippen LogP contribution in [0.2, 0.25) is 0 Å². The minimum Gasteiger partial charge on any atom is -0.507 e. The van der Waals surface area contributed by atoms with Crippen molar-refractivity contribution in [1.29, 1.82) is 0 Å². The molecule has 3 heterocycles. The van der Waals surface area contributed by atoms with Crippen molar-refractivity contribution in [2.45, 2.75) is 25.5 Å². The summed E-state index contributed by atoms with van der Waals surface area (Å²) in [5.41, 5.74) is 2.28. The van der Waals surface area contributed by atoms with Crippen LogP contribution in [0.3, 0.4) is 0 Å². The number of Topliss-reactive ketones (excluding diaryl/α,β-unsaturated/α-hetero) is 1. The van der Waals surface area contributed by atoms with Gasteiger partial charge in [0.05, 0.1) is 21.8 Å². The summed E-state index contributed by atoms with van der Waals surface area (Å²) in [6.45, 7) is 5.89. The maximum absolute atomic E-state index is 13.9. The van der Waals surface area contributed by atoms with Gasteiger partial charge in [0, 0.05) is 12.0 Å². The van der Waals surface area contributed by atoms with Gasteiger partial charge in [-0.05, 0) is 66.6 Å². The molecule has 2 aliphatic rings. The van der Waals surface area contributed by atoms with Crippen LogP contribution in [0.25, 0.3) is 16.0 Å². The molecule has 1 aromatic heterocycles. The largest absolute Gasteiger partial charge is 0.507 e. The number of carbonyl (C=O) groups excluding carboxylic acids is 2. The third-order valence-corrected chi connectivity index (χ3v) is 7.72. The number of fused-ring (bicyclic) bond motifs is 2. The Morgan fingerprint density at radius 2 is 2.08 bits per heavy atom. The lowest BCUT2D eigenvalue weighted by Gasteiger charge is -2.23. The van der Waals surface area contributed by atoms with Crippen molar-refractivity contribution >= 4 is 44.1 Å². The van der Waals surface area contributed by atoms with Crippen LogP contribution in [-0.2, 0) is 16.0 Å². The average molecular weight is 543 g/mol. The van der Waals surface area contributed by atoms with E-state index in [4.69, 9.17) is 9.47 Å². The van der Waals surface area contributed by atoms with E-state index >= 15 is 0 Å². The van der Waals surface area contributed by atoms with Crippen molar-refractivity contribution in [2.75, 3.05) is 11.5 Å². The number of hydrogen-bond donors (Lipinski definition) is 1. The van der Waals surface area contributed by atoms with Gasteiger partial charge in [-0.25, -0.2) is 9.37 Å². The number of ether oxygens (including phenoxy) is 2. The molecule has 3 aromatic carbocycles. The van der Waals surface area contributed by atoms with Gasteiger partial charge in [0.1, 0.15) is 35.8 Å². The van der Waals surface area contributed by atoms with Gasteiger partial charge in [-0.1, -0.05) is 36.1 Å². The van der Waals surface area contributed by atoms with Gasteiger partial charge in [0.25, 0.3) is 5.78 Å². The standard InChI is InChI=1S/C30H23FN2O5S/c1-3-11-37-21-6-4-5-17(14-21)26-25(27(34)18-7-10-23-19(13-18)12-16(2)38-23)28(35)29(36)33(26)30-32-22-9-8-20(31)15-24(22)39-30/h3-10,13-16,26,34H,1,11-12H2,2H3. The number of halogens is 1. The molecule has 9 heteroatoms. The van der Waals surface area contributed by atoms with Gasteiger partial charge in [-0.15, -0.1) is 0 Å². The highest BCUT2D eigenvalue weighted by Crippen LogP contribution is 2.45. The quantitative estimate of drug-likeness (QED) is 0.140.